The van der Waals surface area contributed by atoms with Crippen molar-refractivity contribution in [3.63, 3.8) is 0 Å². The molecule has 0 aliphatic carbocycles. The number of piperazine rings is 1. The molecule has 0 spiro atoms. The van der Waals surface area contributed by atoms with Crippen LogP contribution in [0.15, 0.2) is 0 Å². The molecule has 1 atom stereocenters. The van der Waals surface area contributed by atoms with E-state index >= 15 is 0 Å². The molecule has 2 N–H and O–H groups in total. The molecule has 2 aliphatic heterocycles. The van der Waals surface area contributed by atoms with E-state index < -0.39 is 0 Å². The van der Waals surface area contributed by atoms with Crippen molar-refractivity contribution in [3.05, 3.63) is 0 Å². The maximum Gasteiger partial charge on any atom is 0.245 e. The molecule has 0 saturated carbocycles. The predicted octanol–water partition coefficient (Wildman–Crippen LogP) is 0.195. The van der Waals surface area contributed by atoms with Crippen LogP contribution in [0.5, 0.6) is 0 Å². The third-order valence-electron chi connectivity index (χ3n) is 4.11. The molecule has 1 unspecified atom stereocenters. The van der Waals surface area contributed by atoms with Gasteiger partial charge in [-0.05, 0) is 31.2 Å². The normalized spacial score (nSPS) is 24.7. The van der Waals surface area contributed by atoms with E-state index in [1.165, 1.54) is 0 Å². The fourth-order valence-corrected chi connectivity index (χ4v) is 2.59. The van der Waals surface area contributed by atoms with Gasteiger partial charge in [-0.25, -0.2) is 0 Å². The molecule has 2 heterocycles. The van der Waals surface area contributed by atoms with E-state index in [9.17, 15) is 9.59 Å². The standard InChI is InChI=1S/C13H23N3O2/c1-13(2,9-14)5-7-15-8-11(17)16-6-3-4-10(16)12(15)18/h10H,3-9,14H2,1-2H3. The van der Waals surface area contributed by atoms with Gasteiger partial charge < -0.3 is 15.5 Å². The van der Waals surface area contributed by atoms with E-state index in [2.05, 4.69) is 13.8 Å². The fourth-order valence-electron chi connectivity index (χ4n) is 2.59. The summed E-state index contributed by atoms with van der Waals surface area (Å²) in [4.78, 5) is 27.6. The molecule has 2 saturated heterocycles. The van der Waals surface area contributed by atoms with Crippen LogP contribution in [0.2, 0.25) is 0 Å². The lowest BCUT2D eigenvalue weighted by Crippen LogP contribution is -2.57. The highest BCUT2D eigenvalue weighted by Gasteiger charge is 2.41. The molecule has 0 aromatic heterocycles. The Labute approximate surface area is 108 Å². The summed E-state index contributed by atoms with van der Waals surface area (Å²) < 4.78 is 0. The monoisotopic (exact) mass is 253 g/mol. The molecule has 2 rings (SSSR count). The molecule has 0 aromatic carbocycles. The Morgan fingerprint density at radius 1 is 1.39 bits per heavy atom. The Balaban J connectivity index is 1.97. The Morgan fingerprint density at radius 3 is 2.78 bits per heavy atom. The maximum absolute atomic E-state index is 12.3. The van der Waals surface area contributed by atoms with Crippen LogP contribution in [0, 0.1) is 5.41 Å². The molecule has 2 fully saturated rings. The van der Waals surface area contributed by atoms with Gasteiger partial charge in [0.1, 0.15) is 6.04 Å². The number of nitrogens with zero attached hydrogens (tertiary/aromatic N) is 2. The average molecular weight is 253 g/mol. The topological polar surface area (TPSA) is 66.6 Å². The summed E-state index contributed by atoms with van der Waals surface area (Å²) in [6, 6.07) is -0.188. The van der Waals surface area contributed by atoms with Crippen LogP contribution in [-0.4, -0.2) is 53.8 Å². The van der Waals surface area contributed by atoms with Gasteiger partial charge in [0.2, 0.25) is 11.8 Å². The van der Waals surface area contributed by atoms with E-state index in [0.29, 0.717) is 13.1 Å². The van der Waals surface area contributed by atoms with Gasteiger partial charge >= 0.3 is 0 Å². The number of carbonyl (C=O) groups is 2. The minimum absolute atomic E-state index is 0.0239. The Kier molecular flexibility index (Phi) is 3.61. The van der Waals surface area contributed by atoms with Gasteiger partial charge in [-0.2, -0.15) is 0 Å². The first kappa shape index (κ1) is 13.3. The second-order valence-electron chi connectivity index (χ2n) is 6.12. The summed E-state index contributed by atoms with van der Waals surface area (Å²) in [5.74, 6) is 0.225. The molecule has 0 bridgehead atoms. The molecule has 5 heteroatoms. The Bertz CT molecular complexity index is 354. The fraction of sp³-hybridized carbons (Fsp3) is 0.846. The zero-order valence-electron chi connectivity index (χ0n) is 11.3. The minimum atomic E-state index is -0.188. The second-order valence-corrected chi connectivity index (χ2v) is 6.12. The van der Waals surface area contributed by atoms with Crippen LogP contribution in [0.25, 0.3) is 0 Å². The summed E-state index contributed by atoms with van der Waals surface area (Å²) in [6.07, 6.45) is 2.61. The van der Waals surface area contributed by atoms with Crippen LogP contribution in [0.3, 0.4) is 0 Å². The molecular weight excluding hydrogens is 230 g/mol. The molecule has 5 nitrogen and oxygen atoms in total. The van der Waals surface area contributed by atoms with Gasteiger partial charge in [0.05, 0.1) is 6.54 Å². The van der Waals surface area contributed by atoms with Gasteiger partial charge in [0.15, 0.2) is 0 Å². The molecule has 0 aromatic rings. The van der Waals surface area contributed by atoms with Crippen molar-refractivity contribution in [2.45, 2.75) is 39.2 Å². The number of carbonyl (C=O) groups excluding carboxylic acids is 2. The first-order valence-corrected chi connectivity index (χ1v) is 6.73. The van der Waals surface area contributed by atoms with Gasteiger partial charge in [0, 0.05) is 13.1 Å². The lowest BCUT2D eigenvalue weighted by atomic mass is 9.89. The predicted molar refractivity (Wildman–Crippen MR) is 68.8 cm³/mol. The number of fused-ring (bicyclic) bond motifs is 1. The zero-order chi connectivity index (χ0) is 13.3. The SMILES string of the molecule is CC(C)(CN)CCN1CC(=O)N2CCCC2C1=O. The highest BCUT2D eigenvalue weighted by Crippen LogP contribution is 2.25. The summed E-state index contributed by atoms with van der Waals surface area (Å²) >= 11 is 0. The summed E-state index contributed by atoms with van der Waals surface area (Å²) in [6.45, 7) is 6.40. The summed E-state index contributed by atoms with van der Waals surface area (Å²) in [5.41, 5.74) is 5.71. The number of hydrogen-bond donors (Lipinski definition) is 1. The highest BCUT2D eigenvalue weighted by molar-refractivity contribution is 5.95. The largest absolute Gasteiger partial charge is 0.332 e. The third kappa shape index (κ3) is 2.51. The average Bonchev–Trinajstić information content (AvgIpc) is 2.82. The molecule has 18 heavy (non-hydrogen) atoms. The van der Waals surface area contributed by atoms with E-state index in [1.54, 1.807) is 9.80 Å². The summed E-state index contributed by atoms with van der Waals surface area (Å²) in [5, 5.41) is 0. The third-order valence-corrected chi connectivity index (χ3v) is 4.11. The van der Waals surface area contributed by atoms with Crippen molar-refractivity contribution in [1.82, 2.24) is 9.80 Å². The number of nitrogens with two attached hydrogens (primary N) is 1. The number of rotatable bonds is 4. The lowest BCUT2D eigenvalue weighted by molar-refractivity contribution is -0.153. The molecule has 2 aliphatic rings. The molecular formula is C13H23N3O2. The van der Waals surface area contributed by atoms with Crippen LogP contribution < -0.4 is 5.73 Å². The summed E-state index contributed by atoms with van der Waals surface area (Å²) in [7, 11) is 0. The van der Waals surface area contributed by atoms with E-state index in [-0.39, 0.29) is 29.8 Å². The van der Waals surface area contributed by atoms with E-state index in [0.717, 1.165) is 25.8 Å². The zero-order valence-corrected chi connectivity index (χ0v) is 11.3. The molecule has 102 valence electrons. The Hall–Kier alpha value is -1.10. The number of amides is 2. The Morgan fingerprint density at radius 2 is 2.11 bits per heavy atom. The van der Waals surface area contributed by atoms with Crippen LogP contribution in [-0.2, 0) is 9.59 Å². The smallest absolute Gasteiger partial charge is 0.245 e. The number of hydrogen-bond acceptors (Lipinski definition) is 3. The second kappa shape index (κ2) is 4.88. The van der Waals surface area contributed by atoms with Gasteiger partial charge in [-0.15, -0.1) is 0 Å². The van der Waals surface area contributed by atoms with Crippen LogP contribution in [0.4, 0.5) is 0 Å². The molecule has 2 amide bonds. The van der Waals surface area contributed by atoms with Crippen LogP contribution >= 0.6 is 0 Å². The van der Waals surface area contributed by atoms with Crippen molar-refractivity contribution in [2.24, 2.45) is 11.1 Å². The highest BCUT2D eigenvalue weighted by atomic mass is 16.2. The first-order chi connectivity index (χ1) is 8.44. The van der Waals surface area contributed by atoms with Crippen LogP contribution in [0.1, 0.15) is 33.1 Å². The van der Waals surface area contributed by atoms with Gasteiger partial charge in [-0.1, -0.05) is 13.8 Å². The van der Waals surface area contributed by atoms with Crippen molar-refractivity contribution >= 4 is 11.8 Å². The van der Waals surface area contributed by atoms with E-state index in [4.69, 9.17) is 5.73 Å². The van der Waals surface area contributed by atoms with Crippen molar-refractivity contribution in [3.8, 4) is 0 Å². The lowest BCUT2D eigenvalue weighted by Gasteiger charge is -2.37. The van der Waals surface area contributed by atoms with Crippen molar-refractivity contribution in [1.29, 1.82) is 0 Å². The minimum Gasteiger partial charge on any atom is -0.332 e. The van der Waals surface area contributed by atoms with Crippen molar-refractivity contribution < 1.29 is 9.59 Å². The van der Waals surface area contributed by atoms with Gasteiger partial charge in [-0.3, -0.25) is 9.59 Å². The van der Waals surface area contributed by atoms with Gasteiger partial charge in [0.25, 0.3) is 0 Å². The van der Waals surface area contributed by atoms with E-state index in [1.807, 2.05) is 0 Å². The quantitative estimate of drug-likeness (QED) is 0.778. The molecule has 0 radical (unpaired) electrons. The van der Waals surface area contributed by atoms with Crippen molar-refractivity contribution in [2.75, 3.05) is 26.2 Å². The maximum atomic E-state index is 12.3. The first-order valence-electron chi connectivity index (χ1n) is 6.73.